The van der Waals surface area contributed by atoms with Crippen molar-refractivity contribution in [2.75, 3.05) is 25.9 Å². The summed E-state index contributed by atoms with van der Waals surface area (Å²) >= 11 is 4.15. The molecule has 1 atom stereocenters. The average Bonchev–Trinajstić information content (AvgIpc) is 2.59. The van der Waals surface area contributed by atoms with E-state index in [2.05, 4.69) is 17.6 Å². The number of likely N-dealkylation sites (N-methyl/N-ethyl adjacent to an activating group) is 1. The summed E-state index contributed by atoms with van der Waals surface area (Å²) in [4.78, 5) is 19.7. The van der Waals surface area contributed by atoms with Gasteiger partial charge in [-0.2, -0.15) is 12.6 Å². The molecule has 1 unspecified atom stereocenters. The van der Waals surface area contributed by atoms with Gasteiger partial charge in [-0.25, -0.2) is 4.79 Å². The Morgan fingerprint density at radius 2 is 2.38 bits per heavy atom. The molecule has 0 aromatic carbocycles. The number of urea groups is 1. The number of carbonyl (C=O) groups is 1. The van der Waals surface area contributed by atoms with E-state index in [1.807, 2.05) is 30.1 Å². The van der Waals surface area contributed by atoms with Gasteiger partial charge in [-0.3, -0.25) is 4.98 Å². The molecular formula is C11H15N3OS. The lowest BCUT2D eigenvalue weighted by atomic mass is 10.2. The number of aromatic nitrogens is 1. The Hall–Kier alpha value is -1.23. The van der Waals surface area contributed by atoms with Gasteiger partial charge in [0.25, 0.3) is 0 Å². The van der Waals surface area contributed by atoms with Crippen LogP contribution >= 0.6 is 12.6 Å². The lowest BCUT2D eigenvalue weighted by Gasteiger charge is -2.16. The highest BCUT2D eigenvalue weighted by Crippen LogP contribution is 2.26. The summed E-state index contributed by atoms with van der Waals surface area (Å²) in [6, 6.07) is 5.91. The van der Waals surface area contributed by atoms with Gasteiger partial charge in [0.05, 0.1) is 11.7 Å². The van der Waals surface area contributed by atoms with Crippen molar-refractivity contribution < 1.29 is 4.79 Å². The van der Waals surface area contributed by atoms with Gasteiger partial charge in [-0.1, -0.05) is 6.07 Å². The molecule has 0 radical (unpaired) electrons. The lowest BCUT2D eigenvalue weighted by molar-refractivity contribution is 0.197. The summed E-state index contributed by atoms with van der Waals surface area (Å²) in [6.45, 7) is 1.39. The summed E-state index contributed by atoms with van der Waals surface area (Å²) in [5.41, 5.74) is 0.944. The van der Waals surface area contributed by atoms with Crippen LogP contribution in [0, 0.1) is 0 Å². The molecular weight excluding hydrogens is 222 g/mol. The highest BCUT2D eigenvalue weighted by atomic mass is 32.1. The van der Waals surface area contributed by atoms with E-state index >= 15 is 0 Å². The van der Waals surface area contributed by atoms with E-state index in [-0.39, 0.29) is 12.1 Å². The minimum atomic E-state index is 0.0599. The first-order valence-corrected chi connectivity index (χ1v) is 5.91. The minimum absolute atomic E-state index is 0.0599. The molecule has 5 heteroatoms. The summed E-state index contributed by atoms with van der Waals surface area (Å²) in [5.74, 6) is 0.689. The van der Waals surface area contributed by atoms with Crippen LogP contribution in [0.2, 0.25) is 0 Å². The molecule has 0 aliphatic carbocycles. The zero-order valence-corrected chi connectivity index (χ0v) is 10.1. The van der Waals surface area contributed by atoms with Gasteiger partial charge in [-0.05, 0) is 12.1 Å². The molecule has 1 aromatic rings. The SMILES string of the molecule is CN1C(=O)N(CCS)CC1c1ccccn1. The third-order valence-electron chi connectivity index (χ3n) is 2.83. The molecule has 2 amide bonds. The Kier molecular flexibility index (Phi) is 3.33. The highest BCUT2D eigenvalue weighted by molar-refractivity contribution is 7.80. The smallest absolute Gasteiger partial charge is 0.320 e. The molecule has 16 heavy (non-hydrogen) atoms. The van der Waals surface area contributed by atoms with Crippen molar-refractivity contribution in [2.24, 2.45) is 0 Å². The molecule has 0 N–H and O–H groups in total. The van der Waals surface area contributed by atoms with Gasteiger partial charge >= 0.3 is 6.03 Å². The summed E-state index contributed by atoms with van der Waals surface area (Å²) in [6.07, 6.45) is 1.76. The zero-order chi connectivity index (χ0) is 11.5. The minimum Gasteiger partial charge on any atom is -0.321 e. The molecule has 1 aliphatic rings. The second kappa shape index (κ2) is 4.74. The number of rotatable bonds is 3. The van der Waals surface area contributed by atoms with Crippen LogP contribution in [0.25, 0.3) is 0 Å². The van der Waals surface area contributed by atoms with E-state index in [4.69, 9.17) is 0 Å². The lowest BCUT2D eigenvalue weighted by Crippen LogP contribution is -2.31. The maximum absolute atomic E-state index is 11.9. The molecule has 0 bridgehead atoms. The monoisotopic (exact) mass is 237 g/mol. The van der Waals surface area contributed by atoms with Gasteiger partial charge in [-0.15, -0.1) is 0 Å². The summed E-state index contributed by atoms with van der Waals surface area (Å²) in [5, 5.41) is 0. The van der Waals surface area contributed by atoms with Crippen molar-refractivity contribution in [3.63, 3.8) is 0 Å². The fourth-order valence-electron chi connectivity index (χ4n) is 1.94. The number of thiol groups is 1. The van der Waals surface area contributed by atoms with Crippen LogP contribution in [-0.4, -0.2) is 46.7 Å². The molecule has 1 aliphatic heterocycles. The van der Waals surface area contributed by atoms with E-state index in [9.17, 15) is 4.79 Å². The van der Waals surface area contributed by atoms with Crippen molar-refractivity contribution in [3.05, 3.63) is 30.1 Å². The van der Waals surface area contributed by atoms with Gasteiger partial charge < -0.3 is 9.80 Å². The van der Waals surface area contributed by atoms with Crippen LogP contribution in [0.4, 0.5) is 4.79 Å². The molecule has 1 fully saturated rings. The Balaban J connectivity index is 2.16. The summed E-state index contributed by atoms with van der Waals surface area (Å²) < 4.78 is 0. The number of nitrogens with zero attached hydrogens (tertiary/aromatic N) is 3. The number of hydrogen-bond acceptors (Lipinski definition) is 3. The van der Waals surface area contributed by atoms with Gasteiger partial charge in [0, 0.05) is 32.1 Å². The van der Waals surface area contributed by atoms with Crippen LogP contribution in [0.1, 0.15) is 11.7 Å². The van der Waals surface area contributed by atoms with Crippen molar-refractivity contribution in [2.45, 2.75) is 6.04 Å². The van der Waals surface area contributed by atoms with E-state index in [1.165, 1.54) is 0 Å². The first-order chi connectivity index (χ1) is 7.74. The molecule has 1 aromatic heterocycles. The van der Waals surface area contributed by atoms with E-state index < -0.39 is 0 Å². The predicted octanol–water partition coefficient (Wildman–Crippen LogP) is 1.42. The van der Waals surface area contributed by atoms with Crippen LogP contribution in [0.5, 0.6) is 0 Å². The largest absolute Gasteiger partial charge is 0.321 e. The number of amides is 2. The number of carbonyl (C=O) groups excluding carboxylic acids is 1. The molecule has 4 nitrogen and oxygen atoms in total. The van der Waals surface area contributed by atoms with Crippen LogP contribution in [-0.2, 0) is 0 Å². The Bertz CT molecular complexity index is 371. The van der Waals surface area contributed by atoms with Crippen molar-refractivity contribution in [1.82, 2.24) is 14.8 Å². The van der Waals surface area contributed by atoms with Gasteiger partial charge in [0.15, 0.2) is 0 Å². The molecule has 2 rings (SSSR count). The predicted molar refractivity (Wildman–Crippen MR) is 65.6 cm³/mol. The second-order valence-corrected chi connectivity index (χ2v) is 4.28. The Labute approximate surface area is 101 Å². The number of pyridine rings is 1. The van der Waals surface area contributed by atoms with Crippen LogP contribution in [0.3, 0.4) is 0 Å². The number of hydrogen-bond donors (Lipinski definition) is 1. The van der Waals surface area contributed by atoms with Gasteiger partial charge in [0.1, 0.15) is 0 Å². The molecule has 86 valence electrons. The van der Waals surface area contributed by atoms with Crippen LogP contribution < -0.4 is 0 Å². The van der Waals surface area contributed by atoms with Crippen molar-refractivity contribution in [3.8, 4) is 0 Å². The average molecular weight is 237 g/mol. The first-order valence-electron chi connectivity index (χ1n) is 5.27. The topological polar surface area (TPSA) is 36.4 Å². The second-order valence-electron chi connectivity index (χ2n) is 3.83. The standard InChI is InChI=1S/C11H15N3OS/c1-13-10(9-4-2-3-5-12-9)8-14(6-7-16)11(13)15/h2-5,10,16H,6-8H2,1H3. The third-order valence-corrected chi connectivity index (χ3v) is 3.03. The molecule has 1 saturated heterocycles. The van der Waals surface area contributed by atoms with Gasteiger partial charge in [0.2, 0.25) is 0 Å². The fourth-order valence-corrected chi connectivity index (χ4v) is 2.18. The zero-order valence-electron chi connectivity index (χ0n) is 9.21. The first kappa shape index (κ1) is 11.3. The maximum atomic E-state index is 11.9. The van der Waals surface area contributed by atoms with E-state index in [1.54, 1.807) is 11.1 Å². The third kappa shape index (κ3) is 2.00. The van der Waals surface area contributed by atoms with Crippen molar-refractivity contribution >= 4 is 18.7 Å². The fraction of sp³-hybridized carbons (Fsp3) is 0.455. The molecule has 2 heterocycles. The maximum Gasteiger partial charge on any atom is 0.320 e. The van der Waals surface area contributed by atoms with Crippen molar-refractivity contribution in [1.29, 1.82) is 0 Å². The molecule has 0 spiro atoms. The van der Waals surface area contributed by atoms with Crippen LogP contribution in [0.15, 0.2) is 24.4 Å². The summed E-state index contributed by atoms with van der Waals surface area (Å²) in [7, 11) is 1.82. The molecule has 0 saturated carbocycles. The quantitative estimate of drug-likeness (QED) is 0.807. The van der Waals surface area contributed by atoms with E-state index in [0.29, 0.717) is 18.8 Å². The highest BCUT2D eigenvalue weighted by Gasteiger charge is 2.35. The van der Waals surface area contributed by atoms with E-state index in [0.717, 1.165) is 5.69 Å². The normalized spacial score (nSPS) is 20.6. The Morgan fingerprint density at radius 1 is 1.56 bits per heavy atom. The Morgan fingerprint density at radius 3 is 3.00 bits per heavy atom.